The highest BCUT2D eigenvalue weighted by molar-refractivity contribution is 9.10. The Morgan fingerprint density at radius 3 is 2.79 bits per heavy atom. The molecule has 3 rings (SSSR count). The third-order valence-electron chi connectivity index (χ3n) is 4.82. The van der Waals surface area contributed by atoms with Crippen LogP contribution in [0.3, 0.4) is 0 Å². The Bertz CT molecular complexity index is 885. The van der Waals surface area contributed by atoms with E-state index in [-0.39, 0.29) is 11.8 Å². The molecule has 1 saturated heterocycles. The number of nitrogens with one attached hydrogen (secondary N) is 1. The maximum absolute atomic E-state index is 12.4. The van der Waals surface area contributed by atoms with Crippen LogP contribution in [-0.2, 0) is 16.1 Å². The standard InChI is InChI=1S/C22H25BrN2O2S/c1-15-11-20(16(2)10-19(15)23)28-14-21(26)24-18-7-5-6-17(12-18)13-25-9-4-3-8-22(25)27/h5-7,10-12H,3-4,8-9,13-14H2,1-2H3,(H,24,26). The number of piperidine rings is 1. The van der Waals surface area contributed by atoms with Gasteiger partial charge in [0, 0.05) is 34.6 Å². The van der Waals surface area contributed by atoms with Crippen molar-refractivity contribution < 1.29 is 9.59 Å². The van der Waals surface area contributed by atoms with Crippen LogP contribution in [0.4, 0.5) is 5.69 Å². The molecule has 0 saturated carbocycles. The molecule has 1 heterocycles. The number of anilines is 1. The minimum Gasteiger partial charge on any atom is -0.338 e. The third kappa shape index (κ3) is 5.61. The first-order valence-electron chi connectivity index (χ1n) is 9.48. The molecule has 0 unspecified atom stereocenters. The van der Waals surface area contributed by atoms with Crippen LogP contribution in [0.1, 0.15) is 36.0 Å². The minimum absolute atomic E-state index is 0.0313. The van der Waals surface area contributed by atoms with Crippen molar-refractivity contribution >= 4 is 45.2 Å². The van der Waals surface area contributed by atoms with Crippen LogP contribution in [-0.4, -0.2) is 29.0 Å². The number of nitrogens with zero attached hydrogens (tertiary/aromatic N) is 1. The highest BCUT2D eigenvalue weighted by atomic mass is 79.9. The molecule has 2 aromatic carbocycles. The molecule has 2 aromatic rings. The molecule has 1 aliphatic heterocycles. The lowest BCUT2D eigenvalue weighted by Gasteiger charge is -2.26. The fourth-order valence-electron chi connectivity index (χ4n) is 3.25. The van der Waals surface area contributed by atoms with Crippen LogP contribution >= 0.6 is 27.7 Å². The number of carbonyl (C=O) groups excluding carboxylic acids is 2. The van der Waals surface area contributed by atoms with E-state index in [0.29, 0.717) is 18.7 Å². The summed E-state index contributed by atoms with van der Waals surface area (Å²) in [5.41, 5.74) is 4.13. The number of halogens is 1. The molecule has 0 aromatic heterocycles. The fourth-order valence-corrected chi connectivity index (χ4v) is 4.61. The monoisotopic (exact) mass is 460 g/mol. The summed E-state index contributed by atoms with van der Waals surface area (Å²) in [6, 6.07) is 12.0. The Morgan fingerprint density at radius 2 is 2.00 bits per heavy atom. The number of aryl methyl sites for hydroxylation is 2. The summed E-state index contributed by atoms with van der Waals surface area (Å²) >= 11 is 5.08. The van der Waals surface area contributed by atoms with E-state index in [1.165, 1.54) is 0 Å². The van der Waals surface area contributed by atoms with E-state index in [0.717, 1.165) is 51.1 Å². The number of thioether (sulfide) groups is 1. The van der Waals surface area contributed by atoms with Gasteiger partial charge in [0.2, 0.25) is 11.8 Å². The minimum atomic E-state index is -0.0313. The predicted molar refractivity (Wildman–Crippen MR) is 119 cm³/mol. The number of hydrogen-bond acceptors (Lipinski definition) is 3. The molecule has 6 heteroatoms. The molecule has 148 valence electrons. The molecule has 0 radical (unpaired) electrons. The number of amides is 2. The van der Waals surface area contributed by atoms with Crippen molar-refractivity contribution in [1.29, 1.82) is 0 Å². The number of rotatable bonds is 6. The van der Waals surface area contributed by atoms with Crippen molar-refractivity contribution in [2.75, 3.05) is 17.6 Å². The number of likely N-dealkylation sites (tertiary alicyclic amines) is 1. The van der Waals surface area contributed by atoms with Crippen molar-refractivity contribution in [3.63, 3.8) is 0 Å². The molecule has 4 nitrogen and oxygen atoms in total. The summed E-state index contributed by atoms with van der Waals surface area (Å²) < 4.78 is 1.09. The maximum atomic E-state index is 12.4. The van der Waals surface area contributed by atoms with Gasteiger partial charge in [0.05, 0.1) is 5.75 Å². The van der Waals surface area contributed by atoms with Crippen LogP contribution in [0.25, 0.3) is 0 Å². The Labute approximate surface area is 179 Å². The highest BCUT2D eigenvalue weighted by Crippen LogP contribution is 2.28. The van der Waals surface area contributed by atoms with Gasteiger partial charge in [-0.1, -0.05) is 28.1 Å². The molecule has 0 atom stereocenters. The lowest BCUT2D eigenvalue weighted by molar-refractivity contribution is -0.133. The first-order chi connectivity index (χ1) is 13.4. The molecule has 0 spiro atoms. The van der Waals surface area contributed by atoms with Crippen LogP contribution in [0, 0.1) is 13.8 Å². The van der Waals surface area contributed by atoms with Gasteiger partial charge in [0.15, 0.2) is 0 Å². The number of carbonyl (C=O) groups is 2. The van der Waals surface area contributed by atoms with E-state index < -0.39 is 0 Å². The average molecular weight is 461 g/mol. The SMILES string of the molecule is Cc1cc(SCC(=O)Nc2cccc(CN3CCCCC3=O)c2)c(C)cc1Br. The quantitative estimate of drug-likeness (QED) is 0.594. The van der Waals surface area contributed by atoms with Crippen molar-refractivity contribution in [1.82, 2.24) is 4.90 Å². The number of benzene rings is 2. The summed E-state index contributed by atoms with van der Waals surface area (Å²) in [5.74, 6) is 0.546. The van der Waals surface area contributed by atoms with E-state index in [4.69, 9.17) is 0 Å². The van der Waals surface area contributed by atoms with Crippen molar-refractivity contribution in [3.8, 4) is 0 Å². The Kier molecular flexibility index (Phi) is 7.18. The zero-order valence-electron chi connectivity index (χ0n) is 16.3. The van der Waals surface area contributed by atoms with E-state index in [2.05, 4.69) is 40.3 Å². The maximum Gasteiger partial charge on any atom is 0.234 e. The smallest absolute Gasteiger partial charge is 0.234 e. The second-order valence-corrected chi connectivity index (χ2v) is 9.05. The van der Waals surface area contributed by atoms with E-state index in [1.54, 1.807) is 11.8 Å². The first kappa shape index (κ1) is 20.9. The summed E-state index contributed by atoms with van der Waals surface area (Å²) in [7, 11) is 0. The molecule has 1 aliphatic rings. The van der Waals surface area contributed by atoms with Gasteiger partial charge in [-0.25, -0.2) is 0 Å². The molecule has 2 amide bonds. The lowest BCUT2D eigenvalue weighted by atomic mass is 10.1. The van der Waals surface area contributed by atoms with Crippen LogP contribution in [0.15, 0.2) is 45.8 Å². The Hall–Kier alpha value is -1.79. The first-order valence-corrected chi connectivity index (χ1v) is 11.3. The van der Waals surface area contributed by atoms with E-state index >= 15 is 0 Å². The molecular weight excluding hydrogens is 436 g/mol. The zero-order valence-corrected chi connectivity index (χ0v) is 18.7. The summed E-state index contributed by atoms with van der Waals surface area (Å²) in [5, 5.41) is 2.97. The zero-order chi connectivity index (χ0) is 20.1. The number of hydrogen-bond donors (Lipinski definition) is 1. The third-order valence-corrected chi connectivity index (χ3v) is 6.83. The Morgan fingerprint density at radius 1 is 1.18 bits per heavy atom. The van der Waals surface area contributed by atoms with Crippen molar-refractivity contribution in [2.24, 2.45) is 0 Å². The van der Waals surface area contributed by atoms with Crippen LogP contribution < -0.4 is 5.32 Å². The van der Waals surface area contributed by atoms with Crippen LogP contribution in [0.5, 0.6) is 0 Å². The molecular formula is C22H25BrN2O2S. The average Bonchev–Trinajstić information content (AvgIpc) is 2.66. The Balaban J connectivity index is 1.57. The van der Waals surface area contributed by atoms with Gasteiger partial charge < -0.3 is 10.2 Å². The molecule has 0 aliphatic carbocycles. The van der Waals surface area contributed by atoms with Gasteiger partial charge in [-0.15, -0.1) is 11.8 Å². The van der Waals surface area contributed by atoms with Gasteiger partial charge in [-0.3, -0.25) is 9.59 Å². The van der Waals surface area contributed by atoms with E-state index in [9.17, 15) is 9.59 Å². The van der Waals surface area contributed by atoms with Gasteiger partial charge in [0.25, 0.3) is 0 Å². The molecule has 1 N–H and O–H groups in total. The predicted octanol–water partition coefficient (Wildman–Crippen LogP) is 5.31. The van der Waals surface area contributed by atoms with Gasteiger partial charge in [-0.05, 0) is 67.6 Å². The molecule has 0 bridgehead atoms. The summed E-state index contributed by atoms with van der Waals surface area (Å²) in [6.45, 7) is 5.52. The molecule has 1 fully saturated rings. The van der Waals surface area contributed by atoms with Gasteiger partial charge in [-0.2, -0.15) is 0 Å². The largest absolute Gasteiger partial charge is 0.338 e. The summed E-state index contributed by atoms with van der Waals surface area (Å²) in [4.78, 5) is 27.4. The van der Waals surface area contributed by atoms with Crippen molar-refractivity contribution in [2.45, 2.75) is 44.6 Å². The normalized spacial score (nSPS) is 14.2. The second kappa shape index (κ2) is 9.61. The molecule has 28 heavy (non-hydrogen) atoms. The topological polar surface area (TPSA) is 49.4 Å². The summed E-state index contributed by atoms with van der Waals surface area (Å²) in [6.07, 6.45) is 2.69. The van der Waals surface area contributed by atoms with Gasteiger partial charge >= 0.3 is 0 Å². The fraction of sp³-hybridized carbons (Fsp3) is 0.364. The lowest BCUT2D eigenvalue weighted by Crippen LogP contribution is -2.34. The highest BCUT2D eigenvalue weighted by Gasteiger charge is 2.18. The van der Waals surface area contributed by atoms with Gasteiger partial charge in [0.1, 0.15) is 0 Å². The van der Waals surface area contributed by atoms with Crippen LogP contribution in [0.2, 0.25) is 0 Å². The van der Waals surface area contributed by atoms with Crippen molar-refractivity contribution in [3.05, 3.63) is 57.6 Å². The second-order valence-electron chi connectivity index (χ2n) is 7.18. The van der Waals surface area contributed by atoms with E-state index in [1.807, 2.05) is 36.1 Å².